The van der Waals surface area contributed by atoms with Crippen molar-refractivity contribution in [2.75, 3.05) is 5.32 Å². The molecule has 1 fully saturated rings. The van der Waals surface area contributed by atoms with Crippen LogP contribution in [-0.2, 0) is 12.7 Å². The monoisotopic (exact) mass is 563 g/mol. The number of benzene rings is 2. The molecule has 7 nitrogen and oxygen atoms in total. The maximum atomic E-state index is 13.1. The van der Waals surface area contributed by atoms with E-state index in [0.717, 1.165) is 31.4 Å². The van der Waals surface area contributed by atoms with E-state index in [1.807, 2.05) is 6.92 Å². The number of halogens is 5. The molecule has 1 unspecified atom stereocenters. The van der Waals surface area contributed by atoms with Crippen LogP contribution in [0.2, 0.25) is 10.0 Å². The molecule has 12 heteroatoms. The molecule has 1 aliphatic carbocycles. The molecular weight excluding hydrogens is 542 g/mol. The highest BCUT2D eigenvalue weighted by Crippen LogP contribution is 2.36. The number of alkyl halides is 3. The van der Waals surface area contributed by atoms with Crippen molar-refractivity contribution in [1.82, 2.24) is 19.5 Å². The van der Waals surface area contributed by atoms with Crippen LogP contribution in [0, 0.1) is 5.92 Å². The lowest BCUT2D eigenvalue weighted by Gasteiger charge is -2.32. The number of aromatic carboxylic acids is 1. The lowest BCUT2D eigenvalue weighted by molar-refractivity contribution is -0.137. The molecule has 0 radical (unpaired) electrons. The van der Waals surface area contributed by atoms with E-state index in [-0.39, 0.29) is 29.1 Å². The zero-order chi connectivity index (χ0) is 27.2. The molecule has 1 aliphatic rings. The minimum Gasteiger partial charge on any atom is -0.475 e. The van der Waals surface area contributed by atoms with Gasteiger partial charge in [-0.2, -0.15) is 13.2 Å². The van der Waals surface area contributed by atoms with Gasteiger partial charge in [0.15, 0.2) is 11.5 Å². The van der Waals surface area contributed by atoms with Gasteiger partial charge in [-0.3, -0.25) is 0 Å². The summed E-state index contributed by atoms with van der Waals surface area (Å²) in [6, 6.07) is 9.75. The standard InChI is InChI=1S/C26H22Cl2F3N5O2/c1-13(15-3-2-4-15)32-21-20-22(34-23(33-21)25(37)38)35-24(16-7-10-18(27)19(28)11-16)36(20)12-14-5-8-17(9-6-14)26(29,30)31/h5-11,13,15H,2-4,12H2,1H3,(H,37,38)(H,32,33,34). The lowest BCUT2D eigenvalue weighted by atomic mass is 9.80. The molecule has 198 valence electrons. The van der Waals surface area contributed by atoms with Crippen molar-refractivity contribution in [3.63, 3.8) is 0 Å². The Bertz CT molecular complexity index is 1520. The molecule has 2 heterocycles. The number of nitrogens with one attached hydrogen (secondary N) is 1. The smallest absolute Gasteiger partial charge is 0.416 e. The Kier molecular flexibility index (Phi) is 6.96. The third-order valence-corrected chi connectivity index (χ3v) is 7.55. The number of rotatable bonds is 7. The molecule has 0 amide bonds. The largest absolute Gasteiger partial charge is 0.475 e. The van der Waals surface area contributed by atoms with Gasteiger partial charge in [0.2, 0.25) is 5.82 Å². The highest BCUT2D eigenvalue weighted by atomic mass is 35.5. The maximum absolute atomic E-state index is 13.1. The fraction of sp³-hybridized carbons (Fsp3) is 0.308. The fourth-order valence-corrected chi connectivity index (χ4v) is 4.80. The Hall–Kier alpha value is -3.37. The number of carboxylic acids is 1. The number of imidazole rings is 1. The van der Waals surface area contributed by atoms with Gasteiger partial charge in [0.25, 0.3) is 0 Å². The summed E-state index contributed by atoms with van der Waals surface area (Å²) in [5.41, 5.74) is 0.946. The van der Waals surface area contributed by atoms with Crippen LogP contribution in [0.1, 0.15) is 47.9 Å². The van der Waals surface area contributed by atoms with E-state index in [1.165, 1.54) is 12.1 Å². The van der Waals surface area contributed by atoms with Gasteiger partial charge in [-0.05, 0) is 61.6 Å². The topological polar surface area (TPSA) is 92.9 Å². The highest BCUT2D eigenvalue weighted by Gasteiger charge is 2.30. The van der Waals surface area contributed by atoms with Gasteiger partial charge in [-0.15, -0.1) is 0 Å². The number of nitrogens with zero attached hydrogens (tertiary/aromatic N) is 4. The number of carboxylic acid groups (broad SMARTS) is 1. The molecule has 4 aromatic rings. The second kappa shape index (κ2) is 10.1. The van der Waals surface area contributed by atoms with Crippen LogP contribution in [-0.4, -0.2) is 36.6 Å². The van der Waals surface area contributed by atoms with Gasteiger partial charge in [0, 0.05) is 18.2 Å². The summed E-state index contributed by atoms with van der Waals surface area (Å²) < 4.78 is 41.1. The summed E-state index contributed by atoms with van der Waals surface area (Å²) in [5.74, 6) is -0.637. The van der Waals surface area contributed by atoms with Crippen LogP contribution in [0.15, 0.2) is 42.5 Å². The van der Waals surface area contributed by atoms with Gasteiger partial charge in [-0.25, -0.2) is 19.7 Å². The first-order chi connectivity index (χ1) is 18.0. The number of hydrogen-bond donors (Lipinski definition) is 2. The van der Waals surface area contributed by atoms with Crippen LogP contribution >= 0.6 is 23.2 Å². The third-order valence-electron chi connectivity index (χ3n) is 6.82. The average molecular weight is 564 g/mol. The first kappa shape index (κ1) is 26.2. The number of carbonyl (C=O) groups is 1. The van der Waals surface area contributed by atoms with E-state index < -0.39 is 23.5 Å². The molecule has 0 saturated heterocycles. The van der Waals surface area contributed by atoms with Crippen LogP contribution < -0.4 is 5.32 Å². The van der Waals surface area contributed by atoms with Crippen molar-refractivity contribution in [2.45, 2.75) is 44.9 Å². The zero-order valence-electron chi connectivity index (χ0n) is 20.1. The lowest BCUT2D eigenvalue weighted by Crippen LogP contribution is -2.31. The predicted molar refractivity (Wildman–Crippen MR) is 139 cm³/mol. The first-order valence-electron chi connectivity index (χ1n) is 11.9. The zero-order valence-corrected chi connectivity index (χ0v) is 21.6. The molecule has 2 aromatic heterocycles. The Labute approximate surface area is 225 Å². The molecule has 38 heavy (non-hydrogen) atoms. The van der Waals surface area contributed by atoms with Gasteiger partial charge < -0.3 is 15.0 Å². The molecule has 1 atom stereocenters. The molecule has 5 rings (SSSR count). The molecular formula is C26H22Cl2F3N5O2. The first-order valence-corrected chi connectivity index (χ1v) is 12.7. The maximum Gasteiger partial charge on any atom is 0.416 e. The van der Waals surface area contributed by atoms with Gasteiger partial charge in [0.05, 0.1) is 15.6 Å². The van der Waals surface area contributed by atoms with Crippen molar-refractivity contribution in [1.29, 1.82) is 0 Å². The summed E-state index contributed by atoms with van der Waals surface area (Å²) in [4.78, 5) is 24.9. The summed E-state index contributed by atoms with van der Waals surface area (Å²) in [5, 5.41) is 13.6. The predicted octanol–water partition coefficient (Wildman–Crippen LogP) is 7.17. The van der Waals surface area contributed by atoms with Crippen LogP contribution in [0.4, 0.5) is 19.0 Å². The van der Waals surface area contributed by atoms with Gasteiger partial charge in [-0.1, -0.05) is 41.8 Å². The van der Waals surface area contributed by atoms with E-state index in [1.54, 1.807) is 22.8 Å². The Morgan fingerprint density at radius 3 is 2.39 bits per heavy atom. The Morgan fingerprint density at radius 1 is 1.11 bits per heavy atom. The molecule has 2 aromatic carbocycles. The summed E-state index contributed by atoms with van der Waals surface area (Å²) in [6.45, 7) is 2.13. The number of fused-ring (bicyclic) bond motifs is 1. The number of anilines is 1. The minimum atomic E-state index is -4.46. The van der Waals surface area contributed by atoms with Crippen LogP contribution in [0.5, 0.6) is 0 Å². The minimum absolute atomic E-state index is 0.00587. The summed E-state index contributed by atoms with van der Waals surface area (Å²) in [6.07, 6.45) is -1.23. The van der Waals surface area contributed by atoms with Gasteiger partial charge >= 0.3 is 12.1 Å². The highest BCUT2D eigenvalue weighted by molar-refractivity contribution is 6.42. The average Bonchev–Trinajstić information content (AvgIpc) is 3.18. The van der Waals surface area contributed by atoms with Crippen molar-refractivity contribution in [3.8, 4) is 11.4 Å². The van der Waals surface area contributed by atoms with Gasteiger partial charge in [0.1, 0.15) is 11.3 Å². The molecule has 0 spiro atoms. The third kappa shape index (κ3) is 5.15. The van der Waals surface area contributed by atoms with Crippen molar-refractivity contribution in [3.05, 3.63) is 69.5 Å². The summed E-state index contributed by atoms with van der Waals surface area (Å²) >= 11 is 12.4. The van der Waals surface area contributed by atoms with E-state index in [9.17, 15) is 23.1 Å². The quantitative estimate of drug-likeness (QED) is 0.247. The van der Waals surface area contributed by atoms with Crippen molar-refractivity contribution < 1.29 is 23.1 Å². The fourth-order valence-electron chi connectivity index (χ4n) is 4.50. The molecule has 0 aliphatic heterocycles. The van der Waals surface area contributed by atoms with E-state index >= 15 is 0 Å². The SMILES string of the molecule is CC(Nc1nc(C(=O)O)nc2nc(-c3ccc(Cl)c(Cl)c3)n(Cc3ccc(C(F)(F)F)cc3)c12)C1CCC1. The molecule has 0 bridgehead atoms. The van der Waals surface area contributed by atoms with Crippen LogP contribution in [0.3, 0.4) is 0 Å². The van der Waals surface area contributed by atoms with E-state index in [0.29, 0.717) is 33.4 Å². The van der Waals surface area contributed by atoms with Crippen molar-refractivity contribution >= 4 is 46.2 Å². The number of aromatic nitrogens is 4. The number of hydrogen-bond acceptors (Lipinski definition) is 5. The Balaban J connectivity index is 1.69. The van der Waals surface area contributed by atoms with E-state index in [2.05, 4.69) is 20.3 Å². The van der Waals surface area contributed by atoms with Crippen LogP contribution in [0.25, 0.3) is 22.6 Å². The van der Waals surface area contributed by atoms with Crippen molar-refractivity contribution in [2.24, 2.45) is 5.92 Å². The summed E-state index contributed by atoms with van der Waals surface area (Å²) in [7, 11) is 0. The second-order valence-corrected chi connectivity index (χ2v) is 10.2. The van der Waals surface area contributed by atoms with E-state index in [4.69, 9.17) is 23.2 Å². The molecule has 2 N–H and O–H groups in total. The normalized spacial score (nSPS) is 14.9. The molecule has 1 saturated carbocycles. The Morgan fingerprint density at radius 2 is 1.82 bits per heavy atom. The second-order valence-electron chi connectivity index (χ2n) is 9.34.